The van der Waals surface area contributed by atoms with Gasteiger partial charge in [-0.1, -0.05) is 17.7 Å². The Morgan fingerprint density at radius 2 is 2.23 bits per heavy atom. The zero-order valence-corrected chi connectivity index (χ0v) is 8.30. The first-order chi connectivity index (χ1) is 6.33. The van der Waals surface area contributed by atoms with E-state index in [0.29, 0.717) is 30.6 Å². The molecule has 0 saturated heterocycles. The molecule has 71 valence electrons. The van der Waals surface area contributed by atoms with Crippen LogP contribution in [0.4, 0.5) is 0 Å². The van der Waals surface area contributed by atoms with Crippen LogP contribution >= 0.6 is 11.6 Å². The van der Waals surface area contributed by atoms with Gasteiger partial charge in [0.1, 0.15) is 12.4 Å². The minimum atomic E-state index is 0.532. The number of benzene rings is 1. The summed E-state index contributed by atoms with van der Waals surface area (Å²) >= 11 is 5.72. The molecule has 0 spiro atoms. The fourth-order valence-corrected chi connectivity index (χ4v) is 1.03. The first kappa shape index (κ1) is 10.4. The van der Waals surface area contributed by atoms with Crippen LogP contribution in [0.3, 0.4) is 0 Å². The standard InChI is InChI=1S/C10H12ClO2/c1-2-12-6-7-13-10-5-3-4-9(11)8-10/h3-5H,2,6-7H2,1H3. The Kier molecular flexibility index (Phi) is 4.65. The highest BCUT2D eigenvalue weighted by Crippen LogP contribution is 2.15. The molecule has 3 heteroatoms. The van der Waals surface area contributed by atoms with E-state index < -0.39 is 0 Å². The minimum absolute atomic E-state index is 0.532. The summed E-state index contributed by atoms with van der Waals surface area (Å²) in [4.78, 5) is 0. The molecular formula is C10H12ClO2. The first-order valence-electron chi connectivity index (χ1n) is 4.21. The molecule has 0 N–H and O–H groups in total. The smallest absolute Gasteiger partial charge is 0.128 e. The van der Waals surface area contributed by atoms with E-state index in [1.807, 2.05) is 19.1 Å². The summed E-state index contributed by atoms with van der Waals surface area (Å²) in [6.45, 7) is 3.79. The van der Waals surface area contributed by atoms with E-state index in [9.17, 15) is 0 Å². The lowest BCUT2D eigenvalue weighted by Gasteiger charge is -2.05. The maximum Gasteiger partial charge on any atom is 0.128 e. The van der Waals surface area contributed by atoms with Crippen LogP contribution in [-0.4, -0.2) is 19.8 Å². The highest BCUT2D eigenvalue weighted by Gasteiger charge is 1.94. The number of halogens is 1. The molecule has 1 aromatic rings. The Hall–Kier alpha value is -0.730. The van der Waals surface area contributed by atoms with Crippen LogP contribution in [0.15, 0.2) is 18.2 Å². The van der Waals surface area contributed by atoms with Crippen molar-refractivity contribution in [3.05, 3.63) is 29.3 Å². The largest absolute Gasteiger partial charge is 0.490 e. The van der Waals surface area contributed by atoms with Gasteiger partial charge in [-0.15, -0.1) is 0 Å². The van der Waals surface area contributed by atoms with Crippen LogP contribution in [0, 0.1) is 6.07 Å². The summed E-state index contributed by atoms with van der Waals surface area (Å²) in [5.74, 6) is 0.659. The zero-order chi connectivity index (χ0) is 9.52. The molecule has 0 atom stereocenters. The molecule has 0 aliphatic carbocycles. The maximum atomic E-state index is 5.72. The van der Waals surface area contributed by atoms with E-state index in [2.05, 4.69) is 6.07 Å². The Morgan fingerprint density at radius 1 is 1.38 bits per heavy atom. The molecule has 2 nitrogen and oxygen atoms in total. The summed E-state index contributed by atoms with van der Waals surface area (Å²) in [6, 6.07) is 8.28. The number of ether oxygens (including phenoxy) is 2. The van der Waals surface area contributed by atoms with E-state index in [1.165, 1.54) is 0 Å². The normalized spacial score (nSPS) is 10.0. The summed E-state index contributed by atoms with van der Waals surface area (Å²) in [5.41, 5.74) is 0. The van der Waals surface area contributed by atoms with Crippen LogP contribution in [0.1, 0.15) is 6.92 Å². The monoisotopic (exact) mass is 199 g/mol. The third-order valence-electron chi connectivity index (χ3n) is 1.42. The van der Waals surface area contributed by atoms with Gasteiger partial charge in [0.25, 0.3) is 0 Å². The van der Waals surface area contributed by atoms with Crippen molar-refractivity contribution in [3.8, 4) is 5.75 Å². The Bertz CT molecular complexity index is 250. The van der Waals surface area contributed by atoms with Crippen molar-refractivity contribution in [1.29, 1.82) is 0 Å². The van der Waals surface area contributed by atoms with E-state index in [1.54, 1.807) is 6.07 Å². The van der Waals surface area contributed by atoms with Crippen LogP contribution in [0.25, 0.3) is 0 Å². The second kappa shape index (κ2) is 5.84. The highest BCUT2D eigenvalue weighted by molar-refractivity contribution is 6.30. The molecule has 0 unspecified atom stereocenters. The number of hydrogen-bond acceptors (Lipinski definition) is 2. The topological polar surface area (TPSA) is 18.5 Å². The van der Waals surface area contributed by atoms with Gasteiger partial charge in [-0.3, -0.25) is 0 Å². The molecule has 0 saturated carbocycles. The molecule has 0 fully saturated rings. The van der Waals surface area contributed by atoms with Gasteiger partial charge in [0.15, 0.2) is 0 Å². The molecule has 0 amide bonds. The van der Waals surface area contributed by atoms with Gasteiger partial charge in [0, 0.05) is 12.7 Å². The lowest BCUT2D eigenvalue weighted by atomic mass is 10.3. The van der Waals surface area contributed by atoms with Crippen molar-refractivity contribution in [1.82, 2.24) is 0 Å². The van der Waals surface area contributed by atoms with Crippen LogP contribution in [0.5, 0.6) is 5.75 Å². The summed E-state index contributed by atoms with van der Waals surface area (Å²) in [7, 11) is 0. The quantitative estimate of drug-likeness (QED) is 0.679. The lowest BCUT2D eigenvalue weighted by molar-refractivity contribution is 0.110. The Labute approximate surface area is 83.4 Å². The molecule has 1 radical (unpaired) electrons. The van der Waals surface area contributed by atoms with E-state index in [-0.39, 0.29) is 0 Å². The molecule has 1 aromatic carbocycles. The summed E-state index contributed by atoms with van der Waals surface area (Å²) in [5, 5.41) is 0.564. The molecule has 13 heavy (non-hydrogen) atoms. The summed E-state index contributed by atoms with van der Waals surface area (Å²) < 4.78 is 10.4. The molecule has 0 bridgehead atoms. The van der Waals surface area contributed by atoms with Gasteiger partial charge in [0.2, 0.25) is 0 Å². The van der Waals surface area contributed by atoms with Gasteiger partial charge in [-0.05, 0) is 19.1 Å². The SMILES string of the molecule is CCOCCOc1[c]c(Cl)ccc1. The van der Waals surface area contributed by atoms with Gasteiger partial charge >= 0.3 is 0 Å². The predicted octanol–water partition coefficient (Wildman–Crippen LogP) is 2.56. The summed E-state index contributed by atoms with van der Waals surface area (Å²) in [6.07, 6.45) is 0. The van der Waals surface area contributed by atoms with E-state index >= 15 is 0 Å². The molecule has 0 heterocycles. The highest BCUT2D eigenvalue weighted by atomic mass is 35.5. The fourth-order valence-electron chi connectivity index (χ4n) is 0.860. The van der Waals surface area contributed by atoms with Gasteiger partial charge in [-0.2, -0.15) is 0 Å². The van der Waals surface area contributed by atoms with Crippen molar-refractivity contribution in [2.45, 2.75) is 6.92 Å². The van der Waals surface area contributed by atoms with Gasteiger partial charge in [-0.25, -0.2) is 0 Å². The van der Waals surface area contributed by atoms with Crippen LogP contribution in [0.2, 0.25) is 5.02 Å². The number of hydrogen-bond donors (Lipinski definition) is 0. The number of rotatable bonds is 5. The van der Waals surface area contributed by atoms with Crippen molar-refractivity contribution in [3.63, 3.8) is 0 Å². The second-order valence-corrected chi connectivity index (χ2v) is 2.82. The third-order valence-corrected chi connectivity index (χ3v) is 1.64. The predicted molar refractivity (Wildman–Crippen MR) is 52.3 cm³/mol. The Balaban J connectivity index is 2.28. The zero-order valence-electron chi connectivity index (χ0n) is 7.55. The Morgan fingerprint density at radius 3 is 2.92 bits per heavy atom. The van der Waals surface area contributed by atoms with Crippen molar-refractivity contribution < 1.29 is 9.47 Å². The van der Waals surface area contributed by atoms with Crippen LogP contribution in [-0.2, 0) is 4.74 Å². The van der Waals surface area contributed by atoms with Gasteiger partial charge in [0.05, 0.1) is 11.6 Å². The van der Waals surface area contributed by atoms with Crippen molar-refractivity contribution in [2.75, 3.05) is 19.8 Å². The second-order valence-electron chi connectivity index (χ2n) is 2.41. The molecule has 0 aromatic heterocycles. The average Bonchev–Trinajstić information content (AvgIpc) is 2.13. The maximum absolute atomic E-state index is 5.72. The van der Waals surface area contributed by atoms with Crippen molar-refractivity contribution >= 4 is 11.6 Å². The fraction of sp³-hybridized carbons (Fsp3) is 0.400. The lowest BCUT2D eigenvalue weighted by Crippen LogP contribution is -2.06. The molecule has 0 aliphatic heterocycles. The van der Waals surface area contributed by atoms with E-state index in [0.717, 1.165) is 0 Å². The molecule has 0 aliphatic rings. The third kappa shape index (κ3) is 4.15. The minimum Gasteiger partial charge on any atom is -0.490 e. The first-order valence-corrected chi connectivity index (χ1v) is 4.59. The molecule has 1 rings (SSSR count). The van der Waals surface area contributed by atoms with Crippen molar-refractivity contribution in [2.24, 2.45) is 0 Å². The van der Waals surface area contributed by atoms with Crippen LogP contribution < -0.4 is 4.74 Å². The van der Waals surface area contributed by atoms with Gasteiger partial charge < -0.3 is 9.47 Å². The van der Waals surface area contributed by atoms with E-state index in [4.69, 9.17) is 21.1 Å². The average molecular weight is 200 g/mol. The molecular weight excluding hydrogens is 188 g/mol.